The van der Waals surface area contributed by atoms with E-state index < -0.39 is 0 Å². The van der Waals surface area contributed by atoms with Gasteiger partial charge in [0.2, 0.25) is 0 Å². The predicted molar refractivity (Wildman–Crippen MR) is 63.2 cm³/mol. The van der Waals surface area contributed by atoms with Crippen LogP contribution < -0.4 is 5.73 Å². The van der Waals surface area contributed by atoms with Gasteiger partial charge in [-0.05, 0) is 30.3 Å². The summed E-state index contributed by atoms with van der Waals surface area (Å²) in [6.45, 7) is 0. The summed E-state index contributed by atoms with van der Waals surface area (Å²) in [5, 5.41) is 0. The fourth-order valence-electron chi connectivity index (χ4n) is 1.31. The van der Waals surface area contributed by atoms with Gasteiger partial charge >= 0.3 is 0 Å². The standard InChI is InChI=1S/C14H10FN/c15-13-9-8-12(14(16)10-13)7-6-11-4-2-1-3-5-11/h1-5,8-10H,16H2. The van der Waals surface area contributed by atoms with Crippen LogP contribution in [0.15, 0.2) is 48.5 Å². The maximum Gasteiger partial charge on any atom is 0.125 e. The van der Waals surface area contributed by atoms with Crippen LogP contribution in [0.4, 0.5) is 10.1 Å². The summed E-state index contributed by atoms with van der Waals surface area (Å²) in [6.07, 6.45) is 0. The Morgan fingerprint density at radius 3 is 2.38 bits per heavy atom. The molecule has 0 saturated carbocycles. The van der Waals surface area contributed by atoms with Gasteiger partial charge in [-0.1, -0.05) is 30.0 Å². The Labute approximate surface area is 93.7 Å². The van der Waals surface area contributed by atoms with Crippen molar-refractivity contribution in [2.75, 3.05) is 5.73 Å². The molecule has 2 heteroatoms. The summed E-state index contributed by atoms with van der Waals surface area (Å²) in [5.41, 5.74) is 7.56. The smallest absolute Gasteiger partial charge is 0.125 e. The van der Waals surface area contributed by atoms with Crippen LogP contribution in [0.1, 0.15) is 11.1 Å². The molecular formula is C14H10FN. The predicted octanol–water partition coefficient (Wildman–Crippen LogP) is 2.81. The second-order valence-electron chi connectivity index (χ2n) is 3.35. The second kappa shape index (κ2) is 4.50. The minimum Gasteiger partial charge on any atom is -0.398 e. The molecule has 0 radical (unpaired) electrons. The van der Waals surface area contributed by atoms with E-state index >= 15 is 0 Å². The van der Waals surface area contributed by atoms with E-state index in [-0.39, 0.29) is 5.82 Å². The third-order valence-electron chi connectivity index (χ3n) is 2.13. The topological polar surface area (TPSA) is 26.0 Å². The molecule has 0 heterocycles. The van der Waals surface area contributed by atoms with Crippen LogP contribution in [0.25, 0.3) is 0 Å². The highest BCUT2D eigenvalue weighted by molar-refractivity contribution is 5.57. The lowest BCUT2D eigenvalue weighted by Gasteiger charge is -1.96. The van der Waals surface area contributed by atoms with E-state index in [2.05, 4.69) is 11.8 Å². The molecule has 0 aliphatic rings. The van der Waals surface area contributed by atoms with Gasteiger partial charge in [0.15, 0.2) is 0 Å². The molecule has 0 aliphatic heterocycles. The molecule has 1 nitrogen and oxygen atoms in total. The van der Waals surface area contributed by atoms with E-state index in [1.165, 1.54) is 12.1 Å². The maximum absolute atomic E-state index is 12.8. The zero-order valence-corrected chi connectivity index (χ0v) is 8.57. The van der Waals surface area contributed by atoms with Gasteiger partial charge in [0.25, 0.3) is 0 Å². The first-order valence-electron chi connectivity index (χ1n) is 4.88. The Balaban J connectivity index is 2.31. The van der Waals surface area contributed by atoms with Crippen LogP contribution in [0.3, 0.4) is 0 Å². The van der Waals surface area contributed by atoms with E-state index in [0.717, 1.165) is 5.56 Å². The molecule has 0 spiro atoms. The molecule has 0 bridgehead atoms. The largest absolute Gasteiger partial charge is 0.398 e. The number of hydrogen-bond acceptors (Lipinski definition) is 1. The van der Waals surface area contributed by atoms with E-state index in [1.54, 1.807) is 6.07 Å². The van der Waals surface area contributed by atoms with Crippen LogP contribution in [-0.4, -0.2) is 0 Å². The monoisotopic (exact) mass is 211 g/mol. The number of halogens is 1. The van der Waals surface area contributed by atoms with Crippen LogP contribution >= 0.6 is 0 Å². The van der Waals surface area contributed by atoms with E-state index in [4.69, 9.17) is 5.73 Å². The zero-order valence-electron chi connectivity index (χ0n) is 8.57. The Hall–Kier alpha value is -2.27. The molecule has 0 atom stereocenters. The van der Waals surface area contributed by atoms with Gasteiger partial charge in [-0.15, -0.1) is 0 Å². The fraction of sp³-hybridized carbons (Fsp3) is 0. The van der Waals surface area contributed by atoms with Crippen molar-refractivity contribution in [1.82, 2.24) is 0 Å². The quantitative estimate of drug-likeness (QED) is 0.526. The average molecular weight is 211 g/mol. The van der Waals surface area contributed by atoms with Gasteiger partial charge < -0.3 is 5.73 Å². The number of nitrogens with two attached hydrogens (primary N) is 1. The molecule has 2 N–H and O–H groups in total. The van der Waals surface area contributed by atoms with Crippen LogP contribution in [0, 0.1) is 17.7 Å². The molecule has 2 aromatic carbocycles. The van der Waals surface area contributed by atoms with Crippen LogP contribution in [0.2, 0.25) is 0 Å². The lowest BCUT2D eigenvalue weighted by atomic mass is 10.1. The first kappa shape index (κ1) is 10.3. The normalized spacial score (nSPS) is 9.31. The summed E-state index contributed by atoms with van der Waals surface area (Å²) in [4.78, 5) is 0. The van der Waals surface area contributed by atoms with Crippen molar-refractivity contribution < 1.29 is 4.39 Å². The average Bonchev–Trinajstić information content (AvgIpc) is 2.29. The summed E-state index contributed by atoms with van der Waals surface area (Å²) >= 11 is 0. The number of nitrogen functional groups attached to an aromatic ring is 1. The summed E-state index contributed by atoms with van der Waals surface area (Å²) in [5.74, 6) is 5.54. The van der Waals surface area contributed by atoms with Crippen molar-refractivity contribution in [2.24, 2.45) is 0 Å². The maximum atomic E-state index is 12.8. The van der Waals surface area contributed by atoms with Crippen molar-refractivity contribution in [1.29, 1.82) is 0 Å². The Kier molecular flexibility index (Phi) is 2.88. The highest BCUT2D eigenvalue weighted by Crippen LogP contribution is 2.12. The zero-order chi connectivity index (χ0) is 11.4. The summed E-state index contributed by atoms with van der Waals surface area (Å²) < 4.78 is 12.8. The van der Waals surface area contributed by atoms with Crippen molar-refractivity contribution in [2.45, 2.75) is 0 Å². The van der Waals surface area contributed by atoms with Crippen LogP contribution in [-0.2, 0) is 0 Å². The molecule has 78 valence electrons. The molecule has 2 rings (SSSR count). The molecule has 2 aromatic rings. The van der Waals surface area contributed by atoms with Crippen LogP contribution in [0.5, 0.6) is 0 Å². The van der Waals surface area contributed by atoms with Crippen molar-refractivity contribution in [3.05, 3.63) is 65.5 Å². The number of rotatable bonds is 0. The van der Waals surface area contributed by atoms with E-state index in [0.29, 0.717) is 11.3 Å². The number of hydrogen-bond donors (Lipinski definition) is 1. The molecule has 0 fully saturated rings. The number of anilines is 1. The third-order valence-corrected chi connectivity index (χ3v) is 2.13. The fourth-order valence-corrected chi connectivity index (χ4v) is 1.31. The van der Waals surface area contributed by atoms with Gasteiger partial charge in [-0.25, -0.2) is 4.39 Å². The molecular weight excluding hydrogens is 201 g/mol. The first-order chi connectivity index (χ1) is 7.75. The van der Waals surface area contributed by atoms with Crippen molar-refractivity contribution >= 4 is 5.69 Å². The molecule has 0 saturated heterocycles. The lowest BCUT2D eigenvalue weighted by molar-refractivity contribution is 0.628. The Bertz CT molecular complexity index is 550. The van der Waals surface area contributed by atoms with Crippen molar-refractivity contribution in [3.8, 4) is 11.8 Å². The van der Waals surface area contributed by atoms with E-state index in [9.17, 15) is 4.39 Å². The first-order valence-corrected chi connectivity index (χ1v) is 4.88. The highest BCUT2D eigenvalue weighted by Gasteiger charge is 1.96. The lowest BCUT2D eigenvalue weighted by Crippen LogP contribution is -1.90. The molecule has 0 unspecified atom stereocenters. The molecule has 16 heavy (non-hydrogen) atoms. The Morgan fingerprint density at radius 1 is 0.938 bits per heavy atom. The summed E-state index contributed by atoms with van der Waals surface area (Å²) in [7, 11) is 0. The van der Waals surface area contributed by atoms with Gasteiger partial charge in [0.1, 0.15) is 5.82 Å². The van der Waals surface area contributed by atoms with Gasteiger partial charge in [0, 0.05) is 11.1 Å². The SMILES string of the molecule is Nc1cc(F)ccc1C#Cc1ccccc1. The molecule has 0 aliphatic carbocycles. The highest BCUT2D eigenvalue weighted by atomic mass is 19.1. The molecule has 0 aromatic heterocycles. The van der Waals surface area contributed by atoms with E-state index in [1.807, 2.05) is 30.3 Å². The molecule has 0 amide bonds. The van der Waals surface area contributed by atoms with Gasteiger partial charge in [0.05, 0.1) is 5.69 Å². The Morgan fingerprint density at radius 2 is 1.69 bits per heavy atom. The summed E-state index contributed by atoms with van der Waals surface area (Å²) in [6, 6.07) is 13.8. The second-order valence-corrected chi connectivity index (χ2v) is 3.35. The van der Waals surface area contributed by atoms with Crippen molar-refractivity contribution in [3.63, 3.8) is 0 Å². The minimum atomic E-state index is -0.345. The third kappa shape index (κ3) is 2.40. The van der Waals surface area contributed by atoms with Gasteiger partial charge in [-0.3, -0.25) is 0 Å². The number of benzene rings is 2. The minimum absolute atomic E-state index is 0.345. The van der Waals surface area contributed by atoms with Gasteiger partial charge in [-0.2, -0.15) is 0 Å².